The second-order valence-electron chi connectivity index (χ2n) is 6.34. The van der Waals surface area contributed by atoms with Gasteiger partial charge in [0.15, 0.2) is 9.84 Å². The molecular weight excluding hydrogens is 364 g/mol. The van der Waals surface area contributed by atoms with Crippen molar-refractivity contribution in [2.45, 2.75) is 17.4 Å². The molecule has 0 spiro atoms. The minimum Gasteiger partial charge on any atom is -0.418 e. The average molecular weight is 382 g/mol. The molecule has 7 nitrogen and oxygen atoms in total. The van der Waals surface area contributed by atoms with Crippen LogP contribution in [0.5, 0.6) is 0 Å². The summed E-state index contributed by atoms with van der Waals surface area (Å²) in [6.07, 6.45) is 0. The summed E-state index contributed by atoms with van der Waals surface area (Å²) in [5.41, 5.74) is 5.39. The number of nitrogens with zero attached hydrogens (tertiary/aromatic N) is 3. The smallest absolute Gasteiger partial charge is 0.264 e. The van der Waals surface area contributed by atoms with Crippen molar-refractivity contribution >= 4 is 15.5 Å². The molecule has 1 aliphatic heterocycles. The maximum Gasteiger partial charge on any atom is 0.264 e. The summed E-state index contributed by atoms with van der Waals surface area (Å²) in [6.45, 7) is 0.628. The SMILES string of the molecule is O=S(=O)(Cc1ccccc1)Cc1nnc(C2=NNCC2c2ccccc2)o1. The Bertz CT molecular complexity index is 1050. The fraction of sp³-hybridized carbons (Fsp3) is 0.211. The van der Waals surface area contributed by atoms with Crippen LogP contribution in [-0.2, 0) is 21.3 Å². The number of hydrazone groups is 1. The minimum atomic E-state index is -3.42. The lowest BCUT2D eigenvalue weighted by Gasteiger charge is -2.09. The van der Waals surface area contributed by atoms with Crippen molar-refractivity contribution in [3.05, 3.63) is 83.6 Å². The van der Waals surface area contributed by atoms with E-state index < -0.39 is 9.84 Å². The fourth-order valence-electron chi connectivity index (χ4n) is 3.04. The molecule has 27 heavy (non-hydrogen) atoms. The van der Waals surface area contributed by atoms with Crippen molar-refractivity contribution < 1.29 is 12.8 Å². The maximum absolute atomic E-state index is 12.4. The van der Waals surface area contributed by atoms with E-state index in [1.165, 1.54) is 0 Å². The lowest BCUT2D eigenvalue weighted by molar-refractivity contribution is 0.497. The first kappa shape index (κ1) is 17.4. The molecule has 8 heteroatoms. The predicted molar refractivity (Wildman–Crippen MR) is 101 cm³/mol. The van der Waals surface area contributed by atoms with Crippen LogP contribution in [0.2, 0.25) is 0 Å². The van der Waals surface area contributed by atoms with Crippen molar-refractivity contribution in [3.63, 3.8) is 0 Å². The molecule has 2 heterocycles. The summed E-state index contributed by atoms with van der Waals surface area (Å²) >= 11 is 0. The molecule has 1 atom stereocenters. The number of nitrogens with one attached hydrogen (secondary N) is 1. The van der Waals surface area contributed by atoms with Crippen LogP contribution in [0.1, 0.15) is 28.8 Å². The largest absolute Gasteiger partial charge is 0.418 e. The van der Waals surface area contributed by atoms with Crippen molar-refractivity contribution in [2.75, 3.05) is 6.54 Å². The Balaban J connectivity index is 1.50. The molecule has 0 aliphatic carbocycles. The summed E-state index contributed by atoms with van der Waals surface area (Å²) in [5, 5.41) is 12.2. The lowest BCUT2D eigenvalue weighted by Crippen LogP contribution is -2.14. The van der Waals surface area contributed by atoms with Gasteiger partial charge in [-0.25, -0.2) is 8.42 Å². The second-order valence-corrected chi connectivity index (χ2v) is 8.41. The fourth-order valence-corrected chi connectivity index (χ4v) is 4.33. The van der Waals surface area contributed by atoms with Crippen molar-refractivity contribution in [3.8, 4) is 0 Å². The van der Waals surface area contributed by atoms with Gasteiger partial charge in [-0.15, -0.1) is 10.2 Å². The van der Waals surface area contributed by atoms with Gasteiger partial charge in [-0.2, -0.15) is 5.10 Å². The summed E-state index contributed by atoms with van der Waals surface area (Å²) < 4.78 is 30.5. The van der Waals surface area contributed by atoms with Gasteiger partial charge in [0.05, 0.1) is 11.7 Å². The minimum absolute atomic E-state index is 0.0135. The van der Waals surface area contributed by atoms with Crippen LogP contribution in [0.15, 0.2) is 70.2 Å². The van der Waals surface area contributed by atoms with Crippen LogP contribution < -0.4 is 5.43 Å². The first-order chi connectivity index (χ1) is 13.1. The predicted octanol–water partition coefficient (Wildman–Crippen LogP) is 2.28. The molecule has 1 aliphatic rings. The zero-order chi connectivity index (χ0) is 18.7. The van der Waals surface area contributed by atoms with Crippen LogP contribution in [0, 0.1) is 0 Å². The van der Waals surface area contributed by atoms with E-state index in [-0.39, 0.29) is 29.2 Å². The van der Waals surface area contributed by atoms with Gasteiger partial charge >= 0.3 is 0 Å². The molecule has 1 unspecified atom stereocenters. The number of rotatable bonds is 6. The number of hydrogen-bond donors (Lipinski definition) is 1. The maximum atomic E-state index is 12.4. The lowest BCUT2D eigenvalue weighted by atomic mass is 9.95. The molecule has 0 bridgehead atoms. The molecule has 1 N–H and O–H groups in total. The summed E-state index contributed by atoms with van der Waals surface area (Å²) in [5.74, 6) is -0.0618. The Kier molecular flexibility index (Phi) is 4.72. The third kappa shape index (κ3) is 4.06. The number of benzene rings is 2. The van der Waals surface area contributed by atoms with E-state index in [0.717, 1.165) is 11.1 Å². The van der Waals surface area contributed by atoms with E-state index in [0.29, 0.717) is 12.3 Å². The van der Waals surface area contributed by atoms with E-state index in [1.807, 2.05) is 48.5 Å². The Morgan fingerprint density at radius 3 is 2.41 bits per heavy atom. The van der Waals surface area contributed by atoms with Gasteiger partial charge < -0.3 is 9.84 Å². The average Bonchev–Trinajstić information content (AvgIpc) is 3.31. The van der Waals surface area contributed by atoms with E-state index in [1.54, 1.807) is 12.1 Å². The van der Waals surface area contributed by atoms with Gasteiger partial charge in [0.2, 0.25) is 5.89 Å². The summed E-state index contributed by atoms with van der Waals surface area (Å²) in [7, 11) is -3.42. The molecule has 1 aromatic heterocycles. The normalized spacial score (nSPS) is 16.7. The first-order valence-electron chi connectivity index (χ1n) is 8.53. The molecule has 4 rings (SSSR count). The van der Waals surface area contributed by atoms with E-state index in [9.17, 15) is 8.42 Å². The van der Waals surface area contributed by atoms with Crippen LogP contribution in [-0.4, -0.2) is 30.9 Å². The van der Waals surface area contributed by atoms with Crippen molar-refractivity contribution in [1.29, 1.82) is 0 Å². The molecular formula is C19H18N4O3S. The van der Waals surface area contributed by atoms with Crippen LogP contribution in [0.25, 0.3) is 0 Å². The highest BCUT2D eigenvalue weighted by Crippen LogP contribution is 2.24. The second kappa shape index (κ2) is 7.32. The summed E-state index contributed by atoms with van der Waals surface area (Å²) in [6, 6.07) is 18.9. The van der Waals surface area contributed by atoms with Crippen LogP contribution in [0.4, 0.5) is 0 Å². The van der Waals surface area contributed by atoms with E-state index >= 15 is 0 Å². The molecule has 3 aromatic rings. The zero-order valence-corrected chi connectivity index (χ0v) is 15.3. The number of sulfone groups is 1. The molecule has 0 saturated carbocycles. The molecule has 0 radical (unpaired) electrons. The standard InChI is InChI=1S/C19H18N4O3S/c24-27(25,12-14-7-3-1-4-8-14)13-17-21-23-19(26-17)18-16(11-20-22-18)15-9-5-2-6-10-15/h1-10,16,20H,11-13H2. The third-order valence-corrected chi connectivity index (χ3v) is 5.75. The monoisotopic (exact) mass is 382 g/mol. The van der Waals surface area contributed by atoms with Crippen molar-refractivity contribution in [1.82, 2.24) is 15.6 Å². The van der Waals surface area contributed by atoms with Gasteiger partial charge in [-0.3, -0.25) is 0 Å². The molecule has 0 amide bonds. The molecule has 0 fully saturated rings. The van der Waals surface area contributed by atoms with Crippen LogP contribution in [0.3, 0.4) is 0 Å². The van der Waals surface area contributed by atoms with Gasteiger partial charge in [0.1, 0.15) is 11.5 Å². The van der Waals surface area contributed by atoms with E-state index in [4.69, 9.17) is 4.42 Å². The summed E-state index contributed by atoms with van der Waals surface area (Å²) in [4.78, 5) is 0. The van der Waals surface area contributed by atoms with E-state index in [2.05, 4.69) is 20.7 Å². The zero-order valence-electron chi connectivity index (χ0n) is 14.4. The Morgan fingerprint density at radius 1 is 0.963 bits per heavy atom. The Hall–Kier alpha value is -3.00. The van der Waals surface area contributed by atoms with Crippen molar-refractivity contribution in [2.24, 2.45) is 5.10 Å². The molecule has 2 aromatic carbocycles. The quantitative estimate of drug-likeness (QED) is 0.702. The molecule has 138 valence electrons. The highest BCUT2D eigenvalue weighted by molar-refractivity contribution is 7.89. The molecule has 0 saturated heterocycles. The number of aromatic nitrogens is 2. The number of hydrogen-bond acceptors (Lipinski definition) is 7. The Morgan fingerprint density at radius 2 is 1.67 bits per heavy atom. The topological polar surface area (TPSA) is 97.5 Å². The van der Waals surface area contributed by atoms with Gasteiger partial charge in [-0.1, -0.05) is 60.7 Å². The van der Waals surface area contributed by atoms with Crippen LogP contribution >= 0.6 is 0 Å². The third-order valence-electron chi connectivity index (χ3n) is 4.29. The Labute approximate surface area is 157 Å². The highest BCUT2D eigenvalue weighted by atomic mass is 32.2. The highest BCUT2D eigenvalue weighted by Gasteiger charge is 2.29. The van der Waals surface area contributed by atoms with Gasteiger partial charge in [-0.05, 0) is 11.1 Å². The first-order valence-corrected chi connectivity index (χ1v) is 10.4. The van der Waals surface area contributed by atoms with Gasteiger partial charge in [0.25, 0.3) is 5.89 Å². The van der Waals surface area contributed by atoms with Gasteiger partial charge in [0, 0.05) is 6.54 Å².